The number of benzene rings is 3. The number of carbonyl (C=O) groups is 4. The van der Waals surface area contributed by atoms with Crippen LogP contribution < -0.4 is 4.90 Å². The van der Waals surface area contributed by atoms with E-state index in [4.69, 9.17) is 4.74 Å². The summed E-state index contributed by atoms with van der Waals surface area (Å²) in [5.41, 5.74) is 0.589. The van der Waals surface area contributed by atoms with Gasteiger partial charge in [-0.05, 0) is 50.6 Å². The summed E-state index contributed by atoms with van der Waals surface area (Å²) in [6, 6.07) is 22.7. The van der Waals surface area contributed by atoms with Crippen LogP contribution in [0.15, 0.2) is 84.9 Å². The molecule has 7 nitrogen and oxygen atoms in total. The number of hydrogen-bond acceptors (Lipinski definition) is 5. The fourth-order valence-electron chi connectivity index (χ4n) is 4.76. The molecule has 0 saturated heterocycles. The van der Waals surface area contributed by atoms with E-state index in [-0.39, 0.29) is 11.1 Å². The van der Waals surface area contributed by atoms with E-state index in [1.165, 1.54) is 18.9 Å². The number of amides is 3. The molecule has 2 atom stereocenters. The fraction of sp³-hybridized carbons (Fsp3) is 0.241. The van der Waals surface area contributed by atoms with E-state index in [1.807, 2.05) is 36.4 Å². The summed E-state index contributed by atoms with van der Waals surface area (Å²) in [6.45, 7) is 4.96. The van der Waals surface area contributed by atoms with Gasteiger partial charge in [-0.1, -0.05) is 60.7 Å². The molecule has 0 bridgehead atoms. The van der Waals surface area contributed by atoms with Gasteiger partial charge >= 0.3 is 5.97 Å². The lowest BCUT2D eigenvalue weighted by atomic mass is 9.78. The highest BCUT2D eigenvalue weighted by Gasteiger charge is 2.48. The minimum atomic E-state index is -1.18. The van der Waals surface area contributed by atoms with Gasteiger partial charge in [0.25, 0.3) is 17.7 Å². The summed E-state index contributed by atoms with van der Waals surface area (Å²) in [5, 5.41) is 0. The number of rotatable bonds is 7. The number of para-hydroxylation sites is 1. The highest BCUT2D eigenvalue weighted by atomic mass is 16.5. The molecule has 4 rings (SSSR count). The second kappa shape index (κ2) is 9.77. The van der Waals surface area contributed by atoms with Crippen LogP contribution in [0.4, 0.5) is 5.69 Å². The van der Waals surface area contributed by atoms with Crippen LogP contribution in [0.25, 0.3) is 0 Å². The maximum absolute atomic E-state index is 14.3. The Balaban J connectivity index is 1.85. The van der Waals surface area contributed by atoms with E-state index in [9.17, 15) is 19.2 Å². The van der Waals surface area contributed by atoms with Crippen molar-refractivity contribution in [3.8, 4) is 0 Å². The largest absolute Gasteiger partial charge is 0.469 e. The summed E-state index contributed by atoms with van der Waals surface area (Å²) >= 11 is 0. The average molecular weight is 485 g/mol. The molecule has 0 fully saturated rings. The molecule has 3 amide bonds. The molecule has 36 heavy (non-hydrogen) atoms. The van der Waals surface area contributed by atoms with E-state index in [0.29, 0.717) is 11.3 Å². The molecule has 1 aliphatic heterocycles. The van der Waals surface area contributed by atoms with Gasteiger partial charge in [-0.3, -0.25) is 24.1 Å². The topological polar surface area (TPSA) is 84.0 Å². The van der Waals surface area contributed by atoms with Crippen molar-refractivity contribution in [3.05, 3.63) is 102 Å². The third-order valence-electron chi connectivity index (χ3n) is 6.61. The first kappa shape index (κ1) is 24.9. The average Bonchev–Trinajstić information content (AvgIpc) is 3.16. The van der Waals surface area contributed by atoms with E-state index in [1.54, 1.807) is 62.4 Å². The quantitative estimate of drug-likeness (QED) is 0.360. The molecule has 0 aliphatic carbocycles. The second-order valence-electron chi connectivity index (χ2n) is 9.27. The molecule has 1 aliphatic rings. The number of fused-ring (bicyclic) bond motifs is 1. The van der Waals surface area contributed by atoms with Crippen molar-refractivity contribution in [2.75, 3.05) is 12.0 Å². The van der Waals surface area contributed by atoms with Crippen LogP contribution in [0.3, 0.4) is 0 Å². The van der Waals surface area contributed by atoms with Crippen LogP contribution >= 0.6 is 0 Å². The maximum Gasteiger partial charge on any atom is 0.313 e. The summed E-state index contributed by atoms with van der Waals surface area (Å²) in [5.74, 6) is -2.04. The highest BCUT2D eigenvalue weighted by Crippen LogP contribution is 2.42. The molecule has 3 aromatic carbocycles. The molecule has 0 saturated carbocycles. The van der Waals surface area contributed by atoms with Crippen molar-refractivity contribution in [1.82, 2.24) is 4.90 Å². The number of imide groups is 1. The Morgan fingerprint density at radius 1 is 0.806 bits per heavy atom. The first-order valence-electron chi connectivity index (χ1n) is 11.7. The molecule has 0 spiro atoms. The summed E-state index contributed by atoms with van der Waals surface area (Å²) in [6.07, 6.45) is 0. The summed E-state index contributed by atoms with van der Waals surface area (Å²) < 4.78 is 5.12. The number of carbonyl (C=O) groups excluding carboxylic acids is 4. The molecule has 7 heteroatoms. The van der Waals surface area contributed by atoms with Gasteiger partial charge in [-0.15, -0.1) is 0 Å². The Morgan fingerprint density at radius 3 is 1.78 bits per heavy atom. The van der Waals surface area contributed by atoms with Crippen molar-refractivity contribution in [2.45, 2.75) is 32.9 Å². The number of methoxy groups -OCH3 is 1. The number of hydrogen-bond donors (Lipinski definition) is 0. The van der Waals surface area contributed by atoms with Crippen LogP contribution in [-0.2, 0) is 14.3 Å². The third-order valence-corrected chi connectivity index (χ3v) is 6.61. The molecule has 184 valence electrons. The zero-order valence-electron chi connectivity index (χ0n) is 20.7. The van der Waals surface area contributed by atoms with Gasteiger partial charge in [0.2, 0.25) is 0 Å². The lowest BCUT2D eigenvalue weighted by molar-refractivity contribution is -0.152. The molecular formula is C29H28N2O5. The van der Waals surface area contributed by atoms with Crippen molar-refractivity contribution in [1.29, 1.82) is 0 Å². The maximum atomic E-state index is 14.3. The molecule has 0 aromatic heterocycles. The van der Waals surface area contributed by atoms with Crippen LogP contribution in [0.1, 0.15) is 53.1 Å². The number of ether oxygens (including phenoxy) is 1. The lowest BCUT2D eigenvalue weighted by Crippen LogP contribution is -2.54. The van der Waals surface area contributed by atoms with E-state index in [2.05, 4.69) is 0 Å². The highest BCUT2D eigenvalue weighted by molar-refractivity contribution is 6.23. The van der Waals surface area contributed by atoms with Crippen LogP contribution in [0.5, 0.6) is 0 Å². The minimum absolute atomic E-state index is 0.267. The zero-order valence-corrected chi connectivity index (χ0v) is 20.7. The number of nitrogens with zero attached hydrogens (tertiary/aromatic N) is 2. The normalized spacial score (nSPS) is 14.7. The molecular weight excluding hydrogens is 456 g/mol. The Bertz CT molecular complexity index is 1270. The van der Waals surface area contributed by atoms with Gasteiger partial charge in [-0.2, -0.15) is 0 Å². The predicted octanol–water partition coefficient (Wildman–Crippen LogP) is 4.64. The minimum Gasteiger partial charge on any atom is -0.469 e. The Labute approximate surface area is 210 Å². The standard InChI is InChI=1S/C29H28N2O5/c1-19(30-26(33)22-17-11-12-18-23(22)27(30)34)25(32)31(21-15-9-6-10-16-21)24(20-13-7-5-8-14-20)29(2,3)28(35)36-4/h5-19,24H,1-4H3/t19-,24-/m0/s1. The predicted molar refractivity (Wildman–Crippen MR) is 135 cm³/mol. The van der Waals surface area contributed by atoms with Gasteiger partial charge in [0.05, 0.1) is 29.7 Å². The zero-order chi connectivity index (χ0) is 26.0. The number of esters is 1. The number of anilines is 1. The van der Waals surface area contributed by atoms with Crippen LogP contribution in [0.2, 0.25) is 0 Å². The first-order chi connectivity index (χ1) is 17.2. The molecule has 3 aromatic rings. The first-order valence-corrected chi connectivity index (χ1v) is 11.7. The summed E-state index contributed by atoms with van der Waals surface area (Å²) in [4.78, 5) is 56.1. The lowest BCUT2D eigenvalue weighted by Gasteiger charge is -2.42. The second-order valence-corrected chi connectivity index (χ2v) is 9.27. The van der Waals surface area contributed by atoms with Crippen molar-refractivity contribution in [2.24, 2.45) is 5.41 Å². The van der Waals surface area contributed by atoms with Gasteiger partial charge in [-0.25, -0.2) is 0 Å². The Hall–Kier alpha value is -4.26. The van der Waals surface area contributed by atoms with Crippen molar-refractivity contribution in [3.63, 3.8) is 0 Å². The molecule has 1 heterocycles. The molecule has 0 radical (unpaired) electrons. The monoisotopic (exact) mass is 484 g/mol. The Morgan fingerprint density at radius 2 is 1.28 bits per heavy atom. The SMILES string of the molecule is COC(=O)C(C)(C)[C@H](c1ccccc1)N(C(=O)[C@H](C)N1C(=O)c2ccccc2C1=O)c1ccccc1. The van der Waals surface area contributed by atoms with E-state index < -0.39 is 41.2 Å². The Kier molecular flexibility index (Phi) is 6.75. The van der Waals surface area contributed by atoms with Crippen molar-refractivity contribution >= 4 is 29.4 Å². The van der Waals surface area contributed by atoms with E-state index >= 15 is 0 Å². The van der Waals surface area contributed by atoms with Gasteiger partial charge in [0.1, 0.15) is 6.04 Å². The van der Waals surface area contributed by atoms with Gasteiger partial charge in [0, 0.05) is 5.69 Å². The molecule has 0 unspecified atom stereocenters. The van der Waals surface area contributed by atoms with Gasteiger partial charge in [0.15, 0.2) is 0 Å². The van der Waals surface area contributed by atoms with Crippen molar-refractivity contribution < 1.29 is 23.9 Å². The van der Waals surface area contributed by atoms with Crippen LogP contribution in [0, 0.1) is 5.41 Å². The molecule has 0 N–H and O–H groups in total. The van der Waals surface area contributed by atoms with Gasteiger partial charge < -0.3 is 9.64 Å². The fourth-order valence-corrected chi connectivity index (χ4v) is 4.76. The summed E-state index contributed by atoms with van der Waals surface area (Å²) in [7, 11) is 1.31. The third kappa shape index (κ3) is 4.17. The van der Waals surface area contributed by atoms with Crippen LogP contribution in [-0.4, -0.2) is 41.7 Å². The smallest absolute Gasteiger partial charge is 0.313 e. The van der Waals surface area contributed by atoms with E-state index in [0.717, 1.165) is 4.90 Å².